The molecule has 9 nitrogen and oxygen atoms in total. The van der Waals surface area contributed by atoms with E-state index >= 15 is 0 Å². The van der Waals surface area contributed by atoms with Gasteiger partial charge in [-0.15, -0.1) is 5.92 Å². The molecule has 1 fully saturated rings. The number of anilines is 1. The first-order chi connectivity index (χ1) is 16.1. The molecule has 1 saturated heterocycles. The van der Waals surface area contributed by atoms with Gasteiger partial charge in [-0.05, 0) is 24.6 Å². The van der Waals surface area contributed by atoms with Crippen LogP contribution < -0.4 is 15.8 Å². The molecule has 4 rings (SSSR count). The minimum Gasteiger partial charge on any atom is -0.464 e. The van der Waals surface area contributed by atoms with Gasteiger partial charge in [0, 0.05) is 26.2 Å². The fourth-order valence-electron chi connectivity index (χ4n) is 4.01. The van der Waals surface area contributed by atoms with Gasteiger partial charge < -0.3 is 15.0 Å². The van der Waals surface area contributed by atoms with E-state index in [1.54, 1.807) is 37.3 Å². The Hall–Kier alpha value is -4.08. The molecule has 1 aromatic carbocycles. The molecule has 3 heterocycles. The zero-order valence-corrected chi connectivity index (χ0v) is 18.6. The molecule has 0 amide bonds. The summed E-state index contributed by atoms with van der Waals surface area (Å²) < 4.78 is 8.12. The summed E-state index contributed by atoms with van der Waals surface area (Å²) in [5, 5.41) is 12.8. The van der Waals surface area contributed by atoms with Crippen LogP contribution in [0.1, 0.15) is 28.5 Å². The molecular formula is C24H24N6O3. The molecule has 0 radical (unpaired) electrons. The van der Waals surface area contributed by atoms with E-state index in [0.29, 0.717) is 34.7 Å². The number of benzene rings is 1. The van der Waals surface area contributed by atoms with E-state index in [1.807, 2.05) is 4.57 Å². The quantitative estimate of drug-likeness (QED) is 0.468. The van der Waals surface area contributed by atoms with Crippen LogP contribution in [-0.4, -0.2) is 53.4 Å². The van der Waals surface area contributed by atoms with E-state index in [-0.39, 0.29) is 17.8 Å². The maximum atomic E-state index is 13.8. The van der Waals surface area contributed by atoms with Crippen molar-refractivity contribution in [3.63, 3.8) is 0 Å². The number of imidazole rings is 1. The fourth-order valence-corrected chi connectivity index (χ4v) is 4.01. The topological polar surface area (TPSA) is 105 Å². The summed E-state index contributed by atoms with van der Waals surface area (Å²) in [4.78, 5) is 33.2. The van der Waals surface area contributed by atoms with Gasteiger partial charge in [0.2, 0.25) is 5.95 Å². The van der Waals surface area contributed by atoms with Crippen molar-refractivity contribution in [3.8, 4) is 17.9 Å². The maximum Gasteiger partial charge on any atom is 0.354 e. The number of esters is 1. The predicted molar refractivity (Wildman–Crippen MR) is 124 cm³/mol. The number of ether oxygens (including phenoxy) is 1. The molecule has 3 aromatic rings. The Morgan fingerprint density at radius 1 is 1.24 bits per heavy atom. The second kappa shape index (κ2) is 9.60. The van der Waals surface area contributed by atoms with Crippen LogP contribution in [0, 0.1) is 23.2 Å². The third kappa shape index (κ3) is 4.19. The number of carbonyl (C=O) groups excluding carboxylic acids is 1. The highest BCUT2D eigenvalue weighted by molar-refractivity contribution is 5.92. The van der Waals surface area contributed by atoms with Crippen molar-refractivity contribution in [1.29, 1.82) is 5.26 Å². The van der Waals surface area contributed by atoms with Crippen LogP contribution in [0.15, 0.2) is 35.1 Å². The summed E-state index contributed by atoms with van der Waals surface area (Å²) in [5.74, 6) is 5.92. The summed E-state index contributed by atoms with van der Waals surface area (Å²) in [6, 6.07) is 10.7. The average Bonchev–Trinajstić information content (AvgIpc) is 3.23. The second-order valence-electron chi connectivity index (χ2n) is 7.58. The van der Waals surface area contributed by atoms with Crippen LogP contribution in [0.5, 0.6) is 0 Å². The van der Waals surface area contributed by atoms with Crippen molar-refractivity contribution in [2.45, 2.75) is 20.0 Å². The van der Waals surface area contributed by atoms with Crippen LogP contribution in [-0.2, 0) is 17.8 Å². The zero-order valence-electron chi connectivity index (χ0n) is 18.6. The van der Waals surface area contributed by atoms with Crippen LogP contribution >= 0.6 is 0 Å². The maximum absolute atomic E-state index is 13.8. The number of nitriles is 1. The number of hydrogen-bond donors (Lipinski definition) is 1. The van der Waals surface area contributed by atoms with Gasteiger partial charge in [-0.2, -0.15) is 5.26 Å². The van der Waals surface area contributed by atoms with Crippen LogP contribution in [0.3, 0.4) is 0 Å². The number of piperazine rings is 1. The first-order valence-electron chi connectivity index (χ1n) is 10.6. The van der Waals surface area contributed by atoms with E-state index in [4.69, 9.17) is 9.72 Å². The zero-order chi connectivity index (χ0) is 23.4. The fraction of sp³-hybridized carbons (Fsp3) is 0.333. The molecule has 0 atom stereocenters. The molecule has 0 aliphatic carbocycles. The number of fused-ring (bicyclic) bond motifs is 1. The van der Waals surface area contributed by atoms with Crippen LogP contribution in [0.4, 0.5) is 5.95 Å². The van der Waals surface area contributed by atoms with E-state index in [9.17, 15) is 14.9 Å². The molecule has 168 valence electrons. The number of aromatic nitrogens is 3. The van der Waals surface area contributed by atoms with Crippen LogP contribution in [0.2, 0.25) is 0 Å². The van der Waals surface area contributed by atoms with Gasteiger partial charge in [0.05, 0.1) is 37.3 Å². The van der Waals surface area contributed by atoms with Crippen molar-refractivity contribution >= 4 is 23.0 Å². The predicted octanol–water partition coefficient (Wildman–Crippen LogP) is 1.34. The molecule has 2 aromatic heterocycles. The molecule has 0 spiro atoms. The number of pyridine rings is 1. The Bertz CT molecular complexity index is 1360. The third-order valence-corrected chi connectivity index (χ3v) is 5.66. The first-order valence-corrected chi connectivity index (χ1v) is 10.6. The van der Waals surface area contributed by atoms with E-state index in [1.165, 1.54) is 11.7 Å². The monoisotopic (exact) mass is 444 g/mol. The summed E-state index contributed by atoms with van der Waals surface area (Å²) in [7, 11) is 1.27. The van der Waals surface area contributed by atoms with Crippen LogP contribution in [0.25, 0.3) is 11.0 Å². The molecule has 33 heavy (non-hydrogen) atoms. The molecule has 0 bridgehead atoms. The minimum absolute atomic E-state index is 0.0521. The number of carbonyl (C=O) groups is 1. The number of hydrogen-bond acceptors (Lipinski definition) is 7. The van der Waals surface area contributed by atoms with Crippen molar-refractivity contribution in [1.82, 2.24) is 19.4 Å². The Labute approximate surface area is 191 Å². The van der Waals surface area contributed by atoms with Crippen molar-refractivity contribution in [2.24, 2.45) is 0 Å². The first kappa shape index (κ1) is 22.1. The van der Waals surface area contributed by atoms with E-state index < -0.39 is 5.97 Å². The average molecular weight is 444 g/mol. The number of nitrogens with one attached hydrogen (secondary N) is 1. The Morgan fingerprint density at radius 3 is 2.70 bits per heavy atom. The normalized spacial score (nSPS) is 13.3. The lowest BCUT2D eigenvalue weighted by atomic mass is 10.1. The molecule has 1 aliphatic heterocycles. The summed E-state index contributed by atoms with van der Waals surface area (Å²) >= 11 is 0. The van der Waals surface area contributed by atoms with E-state index in [0.717, 1.165) is 26.2 Å². The lowest BCUT2D eigenvalue weighted by molar-refractivity contribution is 0.0587. The minimum atomic E-state index is -0.643. The highest BCUT2D eigenvalue weighted by Crippen LogP contribution is 2.23. The number of rotatable bonds is 5. The lowest BCUT2D eigenvalue weighted by Gasteiger charge is -2.28. The highest BCUT2D eigenvalue weighted by atomic mass is 16.5. The standard InChI is InChI=1S/C24H24N6O3/c1-3-4-11-29-21-19(27-24(29)28-12-9-26-10-13-28)14-20(23(32)33-2)30(22(21)31)16-18-8-6-5-7-17(18)15-25/h5-8,14,26H,9-13,16H2,1-2H3. The SMILES string of the molecule is CC#CCn1c(N2CCNCC2)nc2cc(C(=O)OC)n(Cc3ccccc3C#N)c(=O)c21. The largest absolute Gasteiger partial charge is 0.464 e. The van der Waals surface area contributed by atoms with Crippen molar-refractivity contribution in [3.05, 3.63) is 57.5 Å². The van der Waals surface area contributed by atoms with Crippen molar-refractivity contribution in [2.75, 3.05) is 38.2 Å². The summed E-state index contributed by atoms with van der Waals surface area (Å²) in [5.41, 5.74) is 1.55. The smallest absolute Gasteiger partial charge is 0.354 e. The molecular weight excluding hydrogens is 420 g/mol. The highest BCUT2D eigenvalue weighted by Gasteiger charge is 2.25. The van der Waals surface area contributed by atoms with E-state index in [2.05, 4.69) is 28.1 Å². The third-order valence-electron chi connectivity index (χ3n) is 5.66. The second-order valence-corrected chi connectivity index (χ2v) is 7.58. The van der Waals surface area contributed by atoms with Gasteiger partial charge in [-0.3, -0.25) is 13.9 Å². The Kier molecular flexibility index (Phi) is 6.43. The number of methoxy groups -OCH3 is 1. The van der Waals surface area contributed by atoms with Gasteiger partial charge in [0.1, 0.15) is 11.2 Å². The summed E-state index contributed by atoms with van der Waals surface area (Å²) in [6.45, 7) is 5.21. The molecule has 0 saturated carbocycles. The van der Waals surface area contributed by atoms with Gasteiger partial charge in [-0.25, -0.2) is 9.78 Å². The van der Waals surface area contributed by atoms with Crippen molar-refractivity contribution < 1.29 is 9.53 Å². The Balaban J connectivity index is 1.96. The molecule has 1 aliphatic rings. The molecule has 0 unspecified atom stereocenters. The Morgan fingerprint density at radius 2 is 2.00 bits per heavy atom. The van der Waals surface area contributed by atoms with Gasteiger partial charge in [-0.1, -0.05) is 24.1 Å². The van der Waals surface area contributed by atoms with Gasteiger partial charge in [0.15, 0.2) is 0 Å². The van der Waals surface area contributed by atoms with Gasteiger partial charge in [0.25, 0.3) is 5.56 Å². The van der Waals surface area contributed by atoms with Gasteiger partial charge >= 0.3 is 5.97 Å². The lowest BCUT2D eigenvalue weighted by Crippen LogP contribution is -2.44. The number of nitrogens with zero attached hydrogens (tertiary/aromatic N) is 5. The summed E-state index contributed by atoms with van der Waals surface area (Å²) in [6.07, 6.45) is 0. The molecule has 1 N–H and O–H groups in total. The molecule has 9 heteroatoms.